The van der Waals surface area contributed by atoms with Gasteiger partial charge in [-0.05, 0) is 11.6 Å². The highest BCUT2D eigenvalue weighted by Crippen LogP contribution is 2.44. The van der Waals surface area contributed by atoms with Crippen molar-refractivity contribution in [1.82, 2.24) is 9.97 Å². The fourth-order valence-corrected chi connectivity index (χ4v) is 4.27. The number of hydrogen-bond donors (Lipinski definition) is 1. The molecule has 0 spiro atoms. The predicted molar refractivity (Wildman–Crippen MR) is 104 cm³/mol. The van der Waals surface area contributed by atoms with Crippen molar-refractivity contribution in [2.45, 2.75) is 11.3 Å². The summed E-state index contributed by atoms with van der Waals surface area (Å²) in [6, 6.07) is 20.4. The van der Waals surface area contributed by atoms with Gasteiger partial charge in [0, 0.05) is 18.0 Å². The van der Waals surface area contributed by atoms with Gasteiger partial charge in [-0.25, -0.2) is 9.97 Å². The summed E-state index contributed by atoms with van der Waals surface area (Å²) in [5.74, 6) is 0.440. The Morgan fingerprint density at radius 2 is 1.54 bits per heavy atom. The van der Waals surface area contributed by atoms with Gasteiger partial charge in [0.05, 0.1) is 6.04 Å². The number of hydrogen-bond acceptors (Lipinski definition) is 5. The first-order valence-corrected chi connectivity index (χ1v) is 9.09. The van der Waals surface area contributed by atoms with Crippen molar-refractivity contribution in [3.63, 3.8) is 0 Å². The lowest BCUT2D eigenvalue weighted by molar-refractivity contribution is 0.0983. The van der Waals surface area contributed by atoms with Gasteiger partial charge >= 0.3 is 0 Å². The molecule has 0 saturated carbocycles. The summed E-state index contributed by atoms with van der Waals surface area (Å²) in [6.07, 6.45) is 3.29. The molecule has 5 nitrogen and oxygen atoms in total. The van der Waals surface area contributed by atoms with Crippen LogP contribution in [0.3, 0.4) is 0 Å². The van der Waals surface area contributed by atoms with Gasteiger partial charge in [-0.15, -0.1) is 0 Å². The second-order valence-corrected chi connectivity index (χ2v) is 6.98. The van der Waals surface area contributed by atoms with Crippen LogP contribution in [0.2, 0.25) is 0 Å². The lowest BCUT2D eigenvalue weighted by Crippen LogP contribution is -2.33. The molecule has 0 radical (unpaired) electrons. The standard InChI is InChI=1S/C20H16N4OS/c21-19-24(20-22-12-7-13-23-20)16(14-8-3-1-4-9-14)18(26-19)17(25)15-10-5-2-6-11-15/h1-13,16,18,21H. The smallest absolute Gasteiger partial charge is 0.232 e. The number of amidine groups is 1. The van der Waals surface area contributed by atoms with E-state index in [2.05, 4.69) is 9.97 Å². The van der Waals surface area contributed by atoms with Crippen LogP contribution in [0, 0.1) is 5.41 Å². The van der Waals surface area contributed by atoms with Gasteiger partial charge in [0.15, 0.2) is 11.0 Å². The average Bonchev–Trinajstić information content (AvgIpc) is 3.06. The summed E-state index contributed by atoms with van der Waals surface area (Å²) in [6.45, 7) is 0. The van der Waals surface area contributed by atoms with Crippen molar-refractivity contribution < 1.29 is 4.79 Å². The zero-order valence-electron chi connectivity index (χ0n) is 13.8. The van der Waals surface area contributed by atoms with E-state index in [1.165, 1.54) is 11.8 Å². The molecule has 2 aromatic carbocycles. The molecule has 3 aromatic rings. The summed E-state index contributed by atoms with van der Waals surface area (Å²) in [7, 11) is 0. The van der Waals surface area contributed by atoms with E-state index in [-0.39, 0.29) is 17.0 Å². The van der Waals surface area contributed by atoms with E-state index >= 15 is 0 Å². The molecule has 1 aromatic heterocycles. The average molecular weight is 360 g/mol. The normalized spacial score (nSPS) is 19.5. The number of carbonyl (C=O) groups is 1. The van der Waals surface area contributed by atoms with Gasteiger partial charge in [0.25, 0.3) is 0 Å². The zero-order valence-corrected chi connectivity index (χ0v) is 14.6. The van der Waals surface area contributed by atoms with E-state index in [0.717, 1.165) is 5.56 Å². The van der Waals surface area contributed by atoms with Crippen LogP contribution in [0.15, 0.2) is 79.1 Å². The van der Waals surface area contributed by atoms with E-state index in [0.29, 0.717) is 11.5 Å². The van der Waals surface area contributed by atoms with Crippen molar-refractivity contribution in [3.05, 3.63) is 90.3 Å². The zero-order chi connectivity index (χ0) is 17.9. The van der Waals surface area contributed by atoms with Gasteiger partial charge in [0.1, 0.15) is 5.25 Å². The number of aromatic nitrogens is 2. The van der Waals surface area contributed by atoms with E-state index in [4.69, 9.17) is 5.41 Å². The number of carbonyl (C=O) groups excluding carboxylic acids is 1. The molecule has 4 rings (SSSR count). The topological polar surface area (TPSA) is 69.9 Å². The number of ketones is 1. The fraction of sp³-hybridized carbons (Fsp3) is 0.100. The highest BCUT2D eigenvalue weighted by Gasteiger charge is 2.45. The summed E-state index contributed by atoms with van der Waals surface area (Å²) in [4.78, 5) is 23.5. The van der Waals surface area contributed by atoms with Gasteiger partial charge < -0.3 is 0 Å². The number of anilines is 1. The first-order valence-electron chi connectivity index (χ1n) is 8.21. The Morgan fingerprint density at radius 1 is 0.923 bits per heavy atom. The molecule has 1 aliphatic rings. The lowest BCUT2D eigenvalue weighted by atomic mass is 9.96. The Hall–Kier alpha value is -2.99. The first kappa shape index (κ1) is 16.5. The number of nitrogens with zero attached hydrogens (tertiary/aromatic N) is 3. The maximum atomic E-state index is 13.2. The van der Waals surface area contributed by atoms with Crippen molar-refractivity contribution in [1.29, 1.82) is 5.41 Å². The number of Topliss-reactive ketones (excluding diaryl/α,β-unsaturated/α-hetero) is 1. The Labute approximate surface area is 155 Å². The molecule has 0 amide bonds. The van der Waals surface area contributed by atoms with Gasteiger partial charge in [-0.2, -0.15) is 0 Å². The third-order valence-electron chi connectivity index (χ3n) is 4.25. The van der Waals surface area contributed by atoms with E-state index in [1.54, 1.807) is 23.4 Å². The summed E-state index contributed by atoms with van der Waals surface area (Å²) in [5, 5.41) is 8.31. The molecule has 1 saturated heterocycles. The van der Waals surface area contributed by atoms with Crippen LogP contribution in [-0.4, -0.2) is 26.2 Å². The maximum absolute atomic E-state index is 13.2. The van der Waals surface area contributed by atoms with E-state index in [9.17, 15) is 4.79 Å². The van der Waals surface area contributed by atoms with Crippen LogP contribution in [0.25, 0.3) is 0 Å². The molecular formula is C20H16N4OS. The molecule has 0 aliphatic carbocycles. The molecule has 2 heterocycles. The van der Waals surface area contributed by atoms with Crippen LogP contribution in [0.5, 0.6) is 0 Å². The second kappa shape index (κ2) is 7.09. The Bertz CT molecular complexity index is 918. The van der Waals surface area contributed by atoms with Crippen molar-refractivity contribution in [2.75, 3.05) is 4.90 Å². The molecule has 2 unspecified atom stereocenters. The maximum Gasteiger partial charge on any atom is 0.232 e. The molecule has 0 bridgehead atoms. The summed E-state index contributed by atoms with van der Waals surface area (Å²) >= 11 is 1.25. The number of rotatable bonds is 4. The van der Waals surface area contributed by atoms with Crippen molar-refractivity contribution in [2.24, 2.45) is 0 Å². The molecule has 26 heavy (non-hydrogen) atoms. The SMILES string of the molecule is N=C1SC(C(=O)c2ccccc2)C(c2ccccc2)N1c1ncccn1. The van der Waals surface area contributed by atoms with Crippen molar-refractivity contribution in [3.8, 4) is 0 Å². The van der Waals surface area contributed by atoms with Crippen LogP contribution in [-0.2, 0) is 0 Å². The second-order valence-electron chi connectivity index (χ2n) is 5.85. The summed E-state index contributed by atoms with van der Waals surface area (Å²) in [5.41, 5.74) is 1.61. The van der Waals surface area contributed by atoms with Gasteiger partial charge in [0.2, 0.25) is 5.95 Å². The highest BCUT2D eigenvalue weighted by atomic mass is 32.2. The van der Waals surface area contributed by atoms with E-state index in [1.807, 2.05) is 60.7 Å². The van der Waals surface area contributed by atoms with Crippen LogP contribution < -0.4 is 4.90 Å². The molecule has 6 heteroatoms. The molecule has 1 fully saturated rings. The molecule has 1 N–H and O–H groups in total. The molecule has 128 valence electrons. The Morgan fingerprint density at radius 3 is 2.19 bits per heavy atom. The fourth-order valence-electron chi connectivity index (χ4n) is 3.07. The molecular weight excluding hydrogens is 344 g/mol. The van der Waals surface area contributed by atoms with Gasteiger partial charge in [-0.3, -0.25) is 15.1 Å². The third kappa shape index (κ3) is 2.99. The highest BCUT2D eigenvalue weighted by molar-refractivity contribution is 8.15. The first-order chi connectivity index (χ1) is 12.8. The minimum absolute atomic E-state index is 0.00707. The lowest BCUT2D eigenvalue weighted by Gasteiger charge is -2.26. The molecule has 2 atom stereocenters. The Kier molecular flexibility index (Phi) is 4.50. The number of benzene rings is 2. The van der Waals surface area contributed by atoms with Crippen LogP contribution in [0.4, 0.5) is 5.95 Å². The third-order valence-corrected chi connectivity index (χ3v) is 5.39. The Balaban J connectivity index is 1.79. The molecule has 1 aliphatic heterocycles. The van der Waals surface area contributed by atoms with Crippen LogP contribution in [0.1, 0.15) is 22.0 Å². The summed E-state index contributed by atoms with van der Waals surface area (Å²) < 4.78 is 0. The quantitative estimate of drug-likeness (QED) is 0.713. The predicted octanol–water partition coefficient (Wildman–Crippen LogP) is 3.96. The van der Waals surface area contributed by atoms with Crippen LogP contribution >= 0.6 is 11.8 Å². The number of thioether (sulfide) groups is 1. The minimum Gasteiger partial charge on any atom is -0.293 e. The monoisotopic (exact) mass is 360 g/mol. The van der Waals surface area contributed by atoms with E-state index < -0.39 is 5.25 Å². The number of nitrogens with one attached hydrogen (secondary N) is 1. The van der Waals surface area contributed by atoms with Gasteiger partial charge in [-0.1, -0.05) is 72.4 Å². The minimum atomic E-state index is -0.434. The largest absolute Gasteiger partial charge is 0.293 e. The van der Waals surface area contributed by atoms with Crippen molar-refractivity contribution >= 4 is 28.7 Å².